The molecule has 0 saturated heterocycles. The van der Waals surface area contributed by atoms with E-state index in [1.807, 2.05) is 0 Å². The topological polar surface area (TPSA) is 94.3 Å². The van der Waals surface area contributed by atoms with Crippen LogP contribution in [0.5, 0.6) is 0 Å². The predicted molar refractivity (Wildman–Crippen MR) is 52.5 cm³/mol. The van der Waals surface area contributed by atoms with Crippen LogP contribution in [-0.4, -0.2) is 27.7 Å². The maximum atomic E-state index is 10.2. The van der Waals surface area contributed by atoms with Crippen LogP contribution in [0.2, 0.25) is 0 Å². The summed E-state index contributed by atoms with van der Waals surface area (Å²) in [5.74, 6) is -1.05. The van der Waals surface area contributed by atoms with Crippen molar-refractivity contribution in [3.63, 3.8) is 0 Å². The number of nitrogens with zero attached hydrogens (tertiary/aromatic N) is 2. The summed E-state index contributed by atoms with van der Waals surface area (Å²) in [7, 11) is 0. The van der Waals surface area contributed by atoms with Crippen molar-refractivity contribution in [1.29, 1.82) is 0 Å². The van der Waals surface area contributed by atoms with Gasteiger partial charge in [0, 0.05) is 11.8 Å². The van der Waals surface area contributed by atoms with Gasteiger partial charge in [0.05, 0.1) is 11.4 Å². The average Bonchev–Trinajstić information content (AvgIpc) is 2.11. The third-order valence-corrected chi connectivity index (χ3v) is 1.41. The summed E-state index contributed by atoms with van der Waals surface area (Å²) < 4.78 is 0. The number of hydrogen-bond donors (Lipinski definition) is 3. The molecular formula is C8H13N3O3. The van der Waals surface area contributed by atoms with Crippen molar-refractivity contribution in [2.45, 2.75) is 20.8 Å². The molecule has 0 spiro atoms. The van der Waals surface area contributed by atoms with Gasteiger partial charge in [0.25, 0.3) is 0 Å². The molecule has 0 aromatic rings. The van der Waals surface area contributed by atoms with Gasteiger partial charge in [-0.05, 0) is 20.8 Å². The fourth-order valence-electron chi connectivity index (χ4n) is 0.543. The van der Waals surface area contributed by atoms with Crippen molar-refractivity contribution < 1.29 is 15.1 Å². The highest BCUT2D eigenvalue weighted by Gasteiger charge is 1.97. The minimum atomic E-state index is -1.05. The van der Waals surface area contributed by atoms with E-state index in [-0.39, 0.29) is 0 Å². The van der Waals surface area contributed by atoms with Gasteiger partial charge >= 0.3 is 5.97 Å². The van der Waals surface area contributed by atoms with Gasteiger partial charge in [0.2, 0.25) is 0 Å². The number of hydrazone groups is 1. The van der Waals surface area contributed by atoms with Gasteiger partial charge < -0.3 is 10.3 Å². The zero-order valence-electron chi connectivity index (χ0n) is 8.27. The Hall–Kier alpha value is -1.85. The Balaban J connectivity index is 4.37. The van der Waals surface area contributed by atoms with E-state index in [0.29, 0.717) is 17.1 Å². The van der Waals surface area contributed by atoms with Crippen molar-refractivity contribution in [3.8, 4) is 0 Å². The van der Waals surface area contributed by atoms with E-state index in [1.165, 1.54) is 0 Å². The second-order valence-electron chi connectivity index (χ2n) is 2.66. The fraction of sp³-hybridized carbons (Fsp3) is 0.375. The minimum Gasteiger partial charge on any atom is -0.478 e. The van der Waals surface area contributed by atoms with Crippen LogP contribution in [0.1, 0.15) is 20.8 Å². The summed E-state index contributed by atoms with van der Waals surface area (Å²) in [6.45, 7) is 4.78. The van der Waals surface area contributed by atoms with Crippen molar-refractivity contribution in [2.24, 2.45) is 10.3 Å². The number of hydrogen-bond acceptors (Lipinski definition) is 5. The number of allylic oxidation sites excluding steroid dienone is 1. The molecule has 0 atom stereocenters. The van der Waals surface area contributed by atoms with E-state index in [4.69, 9.17) is 10.3 Å². The lowest BCUT2D eigenvalue weighted by Crippen LogP contribution is -2.13. The van der Waals surface area contributed by atoms with Crippen molar-refractivity contribution >= 4 is 17.4 Å². The molecule has 0 aliphatic carbocycles. The van der Waals surface area contributed by atoms with E-state index in [9.17, 15) is 4.79 Å². The number of carboxylic acids is 1. The van der Waals surface area contributed by atoms with Gasteiger partial charge in [0.15, 0.2) is 0 Å². The highest BCUT2D eigenvalue weighted by molar-refractivity contribution is 6.40. The zero-order valence-corrected chi connectivity index (χ0v) is 8.27. The average molecular weight is 199 g/mol. The van der Waals surface area contributed by atoms with Gasteiger partial charge in [-0.2, -0.15) is 5.10 Å². The number of rotatable bonds is 4. The standard InChI is InChI=1S/C8H13N3O3/c1-5(4-8(12)13)9-10-6(2)7(3)11-14/h4,9,14H,1-3H3,(H,12,13). The molecule has 0 fully saturated rings. The molecule has 0 radical (unpaired) electrons. The number of nitrogens with one attached hydrogen (secondary N) is 1. The largest absolute Gasteiger partial charge is 0.478 e. The SMILES string of the molecule is CC(=CC(=O)O)NN=C(C)C(C)=NO. The molecule has 0 unspecified atom stereocenters. The molecule has 0 rings (SSSR count). The van der Waals surface area contributed by atoms with Gasteiger partial charge in [-0.3, -0.25) is 5.43 Å². The highest BCUT2D eigenvalue weighted by Crippen LogP contribution is 1.88. The number of carboxylic acid groups (broad SMARTS) is 1. The molecular weight excluding hydrogens is 186 g/mol. The molecule has 0 amide bonds. The van der Waals surface area contributed by atoms with Crippen molar-refractivity contribution in [3.05, 3.63) is 11.8 Å². The van der Waals surface area contributed by atoms with Gasteiger partial charge in [-0.25, -0.2) is 4.79 Å². The summed E-state index contributed by atoms with van der Waals surface area (Å²) in [5, 5.41) is 23.5. The highest BCUT2D eigenvalue weighted by atomic mass is 16.4. The summed E-state index contributed by atoms with van der Waals surface area (Å²) in [5.41, 5.74) is 3.74. The Kier molecular flexibility index (Phi) is 4.98. The van der Waals surface area contributed by atoms with Crippen LogP contribution in [0.15, 0.2) is 22.0 Å². The fourth-order valence-corrected chi connectivity index (χ4v) is 0.543. The molecule has 0 aliphatic heterocycles. The smallest absolute Gasteiger partial charge is 0.330 e. The van der Waals surface area contributed by atoms with Crippen LogP contribution in [0.25, 0.3) is 0 Å². The summed E-state index contributed by atoms with van der Waals surface area (Å²) in [6.07, 6.45) is 0.988. The van der Waals surface area contributed by atoms with E-state index in [0.717, 1.165) is 6.08 Å². The van der Waals surface area contributed by atoms with Crippen LogP contribution in [-0.2, 0) is 4.79 Å². The number of aliphatic carboxylic acids is 1. The summed E-state index contributed by atoms with van der Waals surface area (Å²) >= 11 is 0. The Labute approximate surface area is 81.6 Å². The van der Waals surface area contributed by atoms with Crippen molar-refractivity contribution in [2.75, 3.05) is 0 Å². The quantitative estimate of drug-likeness (QED) is 0.270. The molecule has 0 aromatic carbocycles. The first-order valence-electron chi connectivity index (χ1n) is 3.88. The zero-order chi connectivity index (χ0) is 11.1. The summed E-state index contributed by atoms with van der Waals surface area (Å²) in [6, 6.07) is 0. The molecule has 0 bridgehead atoms. The third kappa shape index (κ3) is 4.91. The first kappa shape index (κ1) is 12.2. The maximum absolute atomic E-state index is 10.2. The van der Waals surface area contributed by atoms with Crippen LogP contribution in [0.4, 0.5) is 0 Å². The molecule has 0 saturated carbocycles. The monoisotopic (exact) mass is 199 g/mol. The van der Waals surface area contributed by atoms with E-state index in [1.54, 1.807) is 20.8 Å². The van der Waals surface area contributed by atoms with Crippen molar-refractivity contribution in [1.82, 2.24) is 5.43 Å². The van der Waals surface area contributed by atoms with E-state index in [2.05, 4.69) is 15.7 Å². The van der Waals surface area contributed by atoms with E-state index < -0.39 is 5.97 Å². The van der Waals surface area contributed by atoms with E-state index >= 15 is 0 Å². The lowest BCUT2D eigenvalue weighted by molar-refractivity contribution is -0.131. The predicted octanol–water partition coefficient (Wildman–Crippen LogP) is 0.790. The molecule has 6 nitrogen and oxygen atoms in total. The molecule has 3 N–H and O–H groups in total. The molecule has 14 heavy (non-hydrogen) atoms. The second-order valence-corrected chi connectivity index (χ2v) is 2.66. The Morgan fingerprint density at radius 3 is 2.29 bits per heavy atom. The molecule has 6 heteroatoms. The third-order valence-electron chi connectivity index (χ3n) is 1.41. The van der Waals surface area contributed by atoms with Crippen LogP contribution >= 0.6 is 0 Å². The molecule has 0 aliphatic rings. The lowest BCUT2D eigenvalue weighted by Gasteiger charge is -2.00. The Morgan fingerprint density at radius 1 is 1.29 bits per heavy atom. The van der Waals surface area contributed by atoms with Gasteiger partial charge in [-0.15, -0.1) is 0 Å². The first-order valence-corrected chi connectivity index (χ1v) is 3.88. The normalized spacial score (nSPS) is 14.1. The molecule has 0 aromatic heterocycles. The summed E-state index contributed by atoms with van der Waals surface area (Å²) in [4.78, 5) is 10.2. The van der Waals surface area contributed by atoms with Crippen LogP contribution in [0, 0.1) is 0 Å². The first-order chi connectivity index (χ1) is 6.47. The Bertz CT molecular complexity index is 305. The molecule has 78 valence electrons. The van der Waals surface area contributed by atoms with Gasteiger partial charge in [-0.1, -0.05) is 5.16 Å². The Morgan fingerprint density at radius 2 is 1.86 bits per heavy atom. The minimum absolute atomic E-state index is 0.362. The molecule has 0 heterocycles. The number of oxime groups is 1. The van der Waals surface area contributed by atoms with Crippen LogP contribution in [0.3, 0.4) is 0 Å². The lowest BCUT2D eigenvalue weighted by atomic mass is 10.3. The van der Waals surface area contributed by atoms with Gasteiger partial charge in [0.1, 0.15) is 0 Å². The number of carbonyl (C=O) groups is 1. The second kappa shape index (κ2) is 5.74. The van der Waals surface area contributed by atoms with Crippen LogP contribution < -0.4 is 5.43 Å². The maximum Gasteiger partial charge on any atom is 0.330 e.